The molecule has 2 aromatic carbocycles. The molecule has 8 heteroatoms. The normalized spacial score (nSPS) is 12.3. The number of alkyl halides is 3. The van der Waals surface area contributed by atoms with Gasteiger partial charge in [-0.3, -0.25) is 4.68 Å². The molecule has 3 aromatic rings. The van der Waals surface area contributed by atoms with Crippen molar-refractivity contribution in [2.24, 2.45) is 0 Å². The number of hydrogen-bond acceptors (Lipinski definition) is 3. The van der Waals surface area contributed by atoms with Crippen LogP contribution in [0.1, 0.15) is 11.1 Å². The number of nitrogens with zero attached hydrogens (tertiary/aromatic N) is 2. The van der Waals surface area contributed by atoms with Crippen LogP contribution in [0.15, 0.2) is 76.8 Å². The van der Waals surface area contributed by atoms with E-state index >= 15 is 0 Å². The largest absolute Gasteiger partial charge is 0.416 e. The molecule has 0 unspecified atom stereocenters. The van der Waals surface area contributed by atoms with Gasteiger partial charge in [0.1, 0.15) is 0 Å². The maximum Gasteiger partial charge on any atom is 0.416 e. The minimum atomic E-state index is -4.50. The molecular weight excluding hydrogens is 353 g/mol. The molecule has 0 N–H and O–H groups in total. The molecule has 130 valence electrons. The van der Waals surface area contributed by atoms with Crippen LogP contribution in [-0.2, 0) is 22.6 Å². The third-order valence-corrected chi connectivity index (χ3v) is 5.41. The molecule has 0 fully saturated rings. The summed E-state index contributed by atoms with van der Waals surface area (Å²) in [6.07, 6.45) is -1.08. The fourth-order valence-corrected chi connectivity index (χ4v) is 3.58. The summed E-state index contributed by atoms with van der Waals surface area (Å²) in [5.41, 5.74) is -0.0314. The Morgan fingerprint density at radius 2 is 1.48 bits per heavy atom. The molecule has 0 bridgehead atoms. The lowest BCUT2D eigenvalue weighted by Crippen LogP contribution is -2.07. The second-order valence-electron chi connectivity index (χ2n) is 5.37. The van der Waals surface area contributed by atoms with Crippen molar-refractivity contribution in [3.8, 4) is 0 Å². The third kappa shape index (κ3) is 3.74. The Morgan fingerprint density at radius 1 is 0.920 bits per heavy atom. The van der Waals surface area contributed by atoms with E-state index in [1.165, 1.54) is 12.1 Å². The van der Waals surface area contributed by atoms with Gasteiger partial charge in [0.25, 0.3) is 0 Å². The molecule has 1 aromatic heterocycles. The molecule has 25 heavy (non-hydrogen) atoms. The Morgan fingerprint density at radius 3 is 1.96 bits per heavy atom. The van der Waals surface area contributed by atoms with Gasteiger partial charge in [-0.25, -0.2) is 8.42 Å². The van der Waals surface area contributed by atoms with Crippen LogP contribution < -0.4 is 0 Å². The minimum absolute atomic E-state index is 0.0245. The van der Waals surface area contributed by atoms with Gasteiger partial charge < -0.3 is 0 Å². The zero-order valence-corrected chi connectivity index (χ0v) is 13.6. The van der Waals surface area contributed by atoms with E-state index in [4.69, 9.17) is 0 Å². The molecule has 4 nitrogen and oxygen atoms in total. The van der Waals surface area contributed by atoms with Crippen LogP contribution >= 0.6 is 0 Å². The molecular formula is C17H13F3N2O2S. The van der Waals surface area contributed by atoms with Crippen molar-refractivity contribution < 1.29 is 21.6 Å². The summed E-state index contributed by atoms with van der Waals surface area (Å²) in [4.78, 5) is -0.156. The van der Waals surface area contributed by atoms with E-state index in [1.807, 2.05) is 0 Å². The summed E-state index contributed by atoms with van der Waals surface area (Å²) < 4.78 is 64.5. The van der Waals surface area contributed by atoms with E-state index in [0.29, 0.717) is 6.54 Å². The lowest BCUT2D eigenvalue weighted by atomic mass is 10.2. The average molecular weight is 366 g/mol. The van der Waals surface area contributed by atoms with Gasteiger partial charge in [-0.15, -0.1) is 0 Å². The SMILES string of the molecule is O=S(=O)(c1ccc(Cn2cccn2)cc1)c1ccc(C(F)(F)F)cc1. The molecule has 3 rings (SSSR count). The summed E-state index contributed by atoms with van der Waals surface area (Å²) in [6.45, 7) is 0.494. The number of sulfone groups is 1. The van der Waals surface area contributed by atoms with E-state index in [9.17, 15) is 21.6 Å². The van der Waals surface area contributed by atoms with Gasteiger partial charge in [-0.2, -0.15) is 18.3 Å². The first-order chi connectivity index (χ1) is 11.8. The zero-order valence-electron chi connectivity index (χ0n) is 12.8. The van der Waals surface area contributed by atoms with Crippen LogP contribution in [-0.4, -0.2) is 18.2 Å². The first-order valence-electron chi connectivity index (χ1n) is 7.25. The van der Waals surface area contributed by atoms with Crippen molar-refractivity contribution in [3.05, 3.63) is 78.1 Å². The Balaban J connectivity index is 1.84. The number of benzene rings is 2. The number of hydrogen-bond donors (Lipinski definition) is 0. The molecule has 1 heterocycles. The topological polar surface area (TPSA) is 52.0 Å². The smallest absolute Gasteiger partial charge is 0.268 e. The van der Waals surface area contributed by atoms with E-state index in [1.54, 1.807) is 35.3 Å². The van der Waals surface area contributed by atoms with Crippen molar-refractivity contribution >= 4 is 9.84 Å². The van der Waals surface area contributed by atoms with E-state index in [0.717, 1.165) is 29.8 Å². The molecule has 0 aliphatic carbocycles. The van der Waals surface area contributed by atoms with Crippen molar-refractivity contribution in [2.45, 2.75) is 22.5 Å². The van der Waals surface area contributed by atoms with Gasteiger partial charge in [0, 0.05) is 12.4 Å². The minimum Gasteiger partial charge on any atom is -0.268 e. The second-order valence-corrected chi connectivity index (χ2v) is 7.32. The predicted octanol–water partition coefficient (Wildman–Crippen LogP) is 3.78. The molecule has 0 radical (unpaired) electrons. The Kier molecular flexibility index (Phi) is 4.38. The standard InChI is InChI=1S/C17H13F3N2O2S/c18-17(19,20)14-4-8-16(9-5-14)25(23,24)15-6-2-13(3-7-15)12-22-11-1-10-21-22/h1-11H,12H2. The second kappa shape index (κ2) is 6.36. The van der Waals surface area contributed by atoms with E-state index in [-0.39, 0.29) is 9.79 Å². The van der Waals surface area contributed by atoms with Crippen LogP contribution in [0.3, 0.4) is 0 Å². The first-order valence-corrected chi connectivity index (χ1v) is 8.74. The molecule has 0 saturated heterocycles. The fraction of sp³-hybridized carbons (Fsp3) is 0.118. The number of aromatic nitrogens is 2. The van der Waals surface area contributed by atoms with Crippen LogP contribution in [0.4, 0.5) is 13.2 Å². The predicted molar refractivity (Wildman–Crippen MR) is 84.7 cm³/mol. The highest BCUT2D eigenvalue weighted by molar-refractivity contribution is 7.91. The van der Waals surface area contributed by atoms with Crippen molar-refractivity contribution in [1.29, 1.82) is 0 Å². The van der Waals surface area contributed by atoms with E-state index < -0.39 is 21.6 Å². The Labute approximate surface area is 142 Å². The molecule has 0 aliphatic heterocycles. The molecule has 0 saturated carbocycles. The Hall–Kier alpha value is -2.61. The molecule has 0 atom stereocenters. The Bertz CT molecular complexity index is 947. The van der Waals surface area contributed by atoms with Gasteiger partial charge in [-0.1, -0.05) is 12.1 Å². The maximum atomic E-state index is 12.6. The average Bonchev–Trinajstić information content (AvgIpc) is 3.08. The van der Waals surface area contributed by atoms with Crippen LogP contribution in [0.2, 0.25) is 0 Å². The highest BCUT2D eigenvalue weighted by Gasteiger charge is 2.30. The first kappa shape index (κ1) is 17.2. The van der Waals surface area contributed by atoms with Crippen LogP contribution in [0, 0.1) is 0 Å². The number of halogens is 3. The third-order valence-electron chi connectivity index (χ3n) is 3.63. The van der Waals surface area contributed by atoms with Gasteiger partial charge in [-0.05, 0) is 48.0 Å². The van der Waals surface area contributed by atoms with Crippen LogP contribution in [0.5, 0.6) is 0 Å². The van der Waals surface area contributed by atoms with Gasteiger partial charge >= 0.3 is 6.18 Å². The van der Waals surface area contributed by atoms with Crippen molar-refractivity contribution in [3.63, 3.8) is 0 Å². The zero-order chi connectivity index (χ0) is 18.1. The summed E-state index contributed by atoms with van der Waals surface area (Å²) in [7, 11) is -3.87. The maximum absolute atomic E-state index is 12.6. The highest BCUT2D eigenvalue weighted by Crippen LogP contribution is 2.30. The summed E-state index contributed by atoms with van der Waals surface area (Å²) >= 11 is 0. The monoisotopic (exact) mass is 366 g/mol. The molecule has 0 spiro atoms. The van der Waals surface area contributed by atoms with Crippen LogP contribution in [0.25, 0.3) is 0 Å². The van der Waals surface area contributed by atoms with E-state index in [2.05, 4.69) is 5.10 Å². The van der Waals surface area contributed by atoms with Crippen molar-refractivity contribution in [2.75, 3.05) is 0 Å². The summed E-state index contributed by atoms with van der Waals surface area (Å²) in [5, 5.41) is 4.06. The summed E-state index contributed by atoms with van der Waals surface area (Å²) in [6, 6.07) is 11.4. The van der Waals surface area contributed by atoms with Gasteiger partial charge in [0.2, 0.25) is 9.84 Å². The van der Waals surface area contributed by atoms with Gasteiger partial charge in [0.15, 0.2) is 0 Å². The molecule has 0 aliphatic rings. The number of rotatable bonds is 4. The van der Waals surface area contributed by atoms with Gasteiger partial charge in [0.05, 0.1) is 21.9 Å². The fourth-order valence-electron chi connectivity index (χ4n) is 2.31. The molecule has 0 amide bonds. The quantitative estimate of drug-likeness (QED) is 0.706. The summed E-state index contributed by atoms with van der Waals surface area (Å²) in [5.74, 6) is 0. The lowest BCUT2D eigenvalue weighted by molar-refractivity contribution is -0.137. The highest BCUT2D eigenvalue weighted by atomic mass is 32.2. The van der Waals surface area contributed by atoms with Crippen molar-refractivity contribution in [1.82, 2.24) is 9.78 Å². The lowest BCUT2D eigenvalue weighted by Gasteiger charge is -2.09.